The molecule has 0 aliphatic heterocycles. The highest BCUT2D eigenvalue weighted by molar-refractivity contribution is 6.32. The topological polar surface area (TPSA) is 66.4 Å². The first kappa shape index (κ1) is 23.0. The average Bonchev–Trinajstić information content (AvgIpc) is 2.69. The van der Waals surface area contributed by atoms with Crippen molar-refractivity contribution < 1.29 is 9.59 Å². The quantitative estimate of drug-likeness (QED) is 0.573. The van der Waals surface area contributed by atoms with E-state index in [4.69, 9.17) is 11.6 Å². The van der Waals surface area contributed by atoms with Gasteiger partial charge in [-0.05, 0) is 43.4 Å². The zero-order valence-electron chi connectivity index (χ0n) is 17.9. The van der Waals surface area contributed by atoms with E-state index in [1.54, 1.807) is 18.6 Å². The lowest BCUT2D eigenvalue weighted by Crippen LogP contribution is -2.34. The molecular formula is C22H29ClN4O2. The van der Waals surface area contributed by atoms with Crippen LogP contribution in [0.15, 0.2) is 36.8 Å². The number of hydrogen-bond acceptors (Lipinski definition) is 6. The summed E-state index contributed by atoms with van der Waals surface area (Å²) in [4.78, 5) is 37.6. The molecule has 6 nitrogen and oxygen atoms in total. The largest absolute Gasteiger partial charge is 0.358 e. The minimum atomic E-state index is -0.535. The summed E-state index contributed by atoms with van der Waals surface area (Å²) in [6, 6.07) is 4.56. The van der Waals surface area contributed by atoms with Crippen molar-refractivity contribution in [3.8, 4) is 0 Å². The van der Waals surface area contributed by atoms with Crippen molar-refractivity contribution in [2.75, 3.05) is 26.0 Å². The molecule has 0 N–H and O–H groups in total. The molecule has 2 unspecified atom stereocenters. The molecule has 0 fully saturated rings. The Bertz CT molecular complexity index is 855. The number of anilines is 1. The number of likely N-dealkylation sites (N-methyl/N-ethyl adjacent to an activating group) is 2. The molecule has 0 radical (unpaired) electrons. The summed E-state index contributed by atoms with van der Waals surface area (Å²) in [5.41, 5.74) is 2.19. The minimum Gasteiger partial charge on any atom is -0.358 e. The Morgan fingerprint density at radius 2 is 1.69 bits per heavy atom. The summed E-state index contributed by atoms with van der Waals surface area (Å²) < 4.78 is 0. The third kappa shape index (κ3) is 5.19. The highest BCUT2D eigenvalue weighted by atomic mass is 35.5. The van der Waals surface area contributed by atoms with Crippen LogP contribution in [0.3, 0.4) is 0 Å². The molecule has 0 saturated carbocycles. The fourth-order valence-corrected chi connectivity index (χ4v) is 3.63. The Labute approximate surface area is 177 Å². The van der Waals surface area contributed by atoms with Gasteiger partial charge in [0, 0.05) is 38.0 Å². The first-order valence-corrected chi connectivity index (χ1v) is 10.1. The summed E-state index contributed by atoms with van der Waals surface area (Å²) in [5.74, 6) is -0.00708. The molecule has 7 heteroatoms. The van der Waals surface area contributed by atoms with Crippen LogP contribution >= 0.6 is 11.6 Å². The number of carbonyl (C=O) groups is 2. The van der Waals surface area contributed by atoms with Gasteiger partial charge >= 0.3 is 0 Å². The van der Waals surface area contributed by atoms with Crippen LogP contribution in [0.5, 0.6) is 0 Å². The van der Waals surface area contributed by atoms with Crippen LogP contribution in [0.25, 0.3) is 0 Å². The van der Waals surface area contributed by atoms with E-state index in [9.17, 15) is 9.59 Å². The van der Waals surface area contributed by atoms with Crippen LogP contribution in [-0.4, -0.2) is 47.6 Å². The highest BCUT2D eigenvalue weighted by Gasteiger charge is 2.30. The lowest BCUT2D eigenvalue weighted by molar-refractivity contribution is -0.124. The van der Waals surface area contributed by atoms with Crippen molar-refractivity contribution in [3.05, 3.63) is 53.1 Å². The summed E-state index contributed by atoms with van der Waals surface area (Å²) in [6.07, 6.45) is 5.38. The van der Waals surface area contributed by atoms with Crippen molar-refractivity contribution in [1.29, 1.82) is 0 Å². The second-order valence-corrected chi connectivity index (χ2v) is 7.97. The maximum Gasteiger partial charge on any atom is 0.162 e. The van der Waals surface area contributed by atoms with Crippen LogP contribution in [0.4, 0.5) is 5.69 Å². The van der Waals surface area contributed by atoms with E-state index < -0.39 is 12.1 Å². The number of hydrogen-bond donors (Lipinski definition) is 0. The van der Waals surface area contributed by atoms with Crippen LogP contribution in [0.2, 0.25) is 5.15 Å². The van der Waals surface area contributed by atoms with Gasteiger partial charge in [-0.25, -0.2) is 4.98 Å². The van der Waals surface area contributed by atoms with Crippen molar-refractivity contribution in [3.63, 3.8) is 0 Å². The van der Waals surface area contributed by atoms with Crippen LogP contribution < -0.4 is 4.90 Å². The normalized spacial score (nSPS) is 13.4. The molecule has 2 aromatic rings. The van der Waals surface area contributed by atoms with E-state index in [2.05, 4.69) is 9.97 Å². The number of Topliss-reactive ketones (excluding diaryl/α,β-unsaturated/α-hetero) is 2. The van der Waals surface area contributed by atoms with Gasteiger partial charge in [-0.2, -0.15) is 0 Å². The van der Waals surface area contributed by atoms with Crippen LogP contribution in [-0.2, 0) is 9.59 Å². The number of carbonyl (C=O) groups excluding carboxylic acids is 2. The van der Waals surface area contributed by atoms with E-state index in [1.807, 2.05) is 69.9 Å². The van der Waals surface area contributed by atoms with Crippen molar-refractivity contribution in [2.24, 2.45) is 5.92 Å². The zero-order valence-corrected chi connectivity index (χ0v) is 18.6. The zero-order chi connectivity index (χ0) is 21.7. The van der Waals surface area contributed by atoms with E-state index in [0.717, 1.165) is 11.1 Å². The van der Waals surface area contributed by atoms with Gasteiger partial charge in [-0.3, -0.25) is 19.5 Å². The molecule has 156 valence electrons. The predicted octanol–water partition coefficient (Wildman–Crippen LogP) is 4.11. The Kier molecular flexibility index (Phi) is 7.88. The Hall–Kier alpha value is -2.31. The minimum absolute atomic E-state index is 0.0639. The number of pyridine rings is 2. The predicted molar refractivity (Wildman–Crippen MR) is 116 cm³/mol. The third-order valence-corrected chi connectivity index (χ3v) is 5.25. The van der Waals surface area contributed by atoms with Gasteiger partial charge in [-0.1, -0.05) is 32.4 Å². The Morgan fingerprint density at radius 3 is 2.21 bits per heavy atom. The lowest BCUT2D eigenvalue weighted by atomic mass is 9.94. The summed E-state index contributed by atoms with van der Waals surface area (Å²) in [5, 5.41) is 0.285. The molecule has 29 heavy (non-hydrogen) atoms. The van der Waals surface area contributed by atoms with Gasteiger partial charge in [0.2, 0.25) is 0 Å². The first-order chi connectivity index (χ1) is 13.7. The molecule has 0 bridgehead atoms. The van der Waals surface area contributed by atoms with Gasteiger partial charge in [0.15, 0.2) is 16.7 Å². The van der Waals surface area contributed by atoms with Gasteiger partial charge in [0.1, 0.15) is 6.04 Å². The maximum absolute atomic E-state index is 13.1. The van der Waals surface area contributed by atoms with Gasteiger partial charge in [0.05, 0.1) is 11.7 Å². The second kappa shape index (κ2) is 9.94. The molecule has 2 aromatic heterocycles. The first-order valence-electron chi connectivity index (χ1n) is 9.70. The Morgan fingerprint density at radius 1 is 1.07 bits per heavy atom. The number of aromatic nitrogens is 2. The monoisotopic (exact) mass is 416 g/mol. The molecule has 2 heterocycles. The van der Waals surface area contributed by atoms with E-state index in [0.29, 0.717) is 12.1 Å². The molecule has 0 aromatic carbocycles. The van der Waals surface area contributed by atoms with Crippen LogP contribution in [0.1, 0.15) is 50.4 Å². The van der Waals surface area contributed by atoms with Gasteiger partial charge in [0.25, 0.3) is 0 Å². The van der Waals surface area contributed by atoms with Crippen LogP contribution in [0, 0.1) is 5.92 Å². The van der Waals surface area contributed by atoms with Crippen molar-refractivity contribution >= 4 is 28.9 Å². The fraction of sp³-hybridized carbons (Fsp3) is 0.455. The molecule has 0 saturated heterocycles. The van der Waals surface area contributed by atoms with E-state index in [1.165, 1.54) is 0 Å². The summed E-state index contributed by atoms with van der Waals surface area (Å²) >= 11 is 6.43. The maximum atomic E-state index is 13.1. The van der Waals surface area contributed by atoms with E-state index >= 15 is 0 Å². The van der Waals surface area contributed by atoms with Gasteiger partial charge in [-0.15, -0.1) is 0 Å². The molecule has 0 aliphatic carbocycles. The SMILES string of the molecule is CCC(=O)C(c1cnc(Cl)c(N(C)C(C(=O)C(C)C)c2ccncc2)c1)N(C)C. The van der Waals surface area contributed by atoms with E-state index in [-0.39, 0.29) is 22.6 Å². The number of halogens is 1. The molecule has 2 atom stereocenters. The molecule has 2 rings (SSSR count). The van der Waals surface area contributed by atoms with Gasteiger partial charge < -0.3 is 4.90 Å². The molecule has 0 aliphatic rings. The number of nitrogens with zero attached hydrogens (tertiary/aromatic N) is 4. The second-order valence-electron chi connectivity index (χ2n) is 7.62. The fourth-order valence-electron chi connectivity index (χ4n) is 3.39. The third-order valence-electron chi connectivity index (χ3n) is 4.95. The smallest absolute Gasteiger partial charge is 0.162 e. The number of rotatable bonds is 9. The lowest BCUT2D eigenvalue weighted by Gasteiger charge is -2.32. The standard InChI is InChI=1S/C22H29ClN4O2/c1-7-18(28)19(26(4)5)16-12-17(22(23)25-13-16)27(6)20(21(29)14(2)3)15-8-10-24-11-9-15/h8-14,19-20H,7H2,1-6H3. The van der Waals surface area contributed by atoms with Crippen molar-refractivity contribution in [1.82, 2.24) is 14.9 Å². The number of ketones is 2. The summed E-state index contributed by atoms with van der Waals surface area (Å²) in [6.45, 7) is 5.60. The Balaban J connectivity index is 2.55. The summed E-state index contributed by atoms with van der Waals surface area (Å²) in [7, 11) is 5.54. The molecule has 0 amide bonds. The molecule has 0 spiro atoms. The molecular weight excluding hydrogens is 388 g/mol. The highest BCUT2D eigenvalue weighted by Crippen LogP contribution is 2.34. The van der Waals surface area contributed by atoms with Crippen molar-refractivity contribution in [2.45, 2.75) is 39.3 Å². The average molecular weight is 417 g/mol.